The highest BCUT2D eigenvalue weighted by Gasteiger charge is 2.28. The Hall–Kier alpha value is -3.02. The normalized spacial score (nSPS) is 19.1. The van der Waals surface area contributed by atoms with Crippen molar-refractivity contribution in [2.24, 2.45) is 0 Å². The average molecular weight is 323 g/mol. The molecule has 2 aromatic rings. The van der Waals surface area contributed by atoms with Gasteiger partial charge in [-0.15, -0.1) is 0 Å². The van der Waals surface area contributed by atoms with Crippen molar-refractivity contribution in [3.8, 4) is 0 Å². The lowest BCUT2D eigenvalue weighted by Crippen LogP contribution is -2.54. The van der Waals surface area contributed by atoms with Gasteiger partial charge in [0.05, 0.1) is 17.8 Å². The van der Waals surface area contributed by atoms with Gasteiger partial charge in [-0.25, -0.2) is 4.98 Å². The number of rotatable bonds is 3. The molecule has 1 saturated heterocycles. The largest absolute Gasteiger partial charge is 0.375 e. The third kappa shape index (κ3) is 3.32. The van der Waals surface area contributed by atoms with E-state index in [2.05, 4.69) is 10.3 Å². The first kappa shape index (κ1) is 15.9. The van der Waals surface area contributed by atoms with Crippen LogP contribution in [0.25, 0.3) is 17.0 Å². The number of fused-ring (bicyclic) bond motifs is 1. The summed E-state index contributed by atoms with van der Waals surface area (Å²) in [6, 6.07) is 10.9. The fourth-order valence-electron chi connectivity index (χ4n) is 2.72. The van der Waals surface area contributed by atoms with Crippen molar-refractivity contribution in [2.45, 2.75) is 13.0 Å². The Morgan fingerprint density at radius 2 is 2.04 bits per heavy atom. The van der Waals surface area contributed by atoms with Crippen LogP contribution in [0.4, 0.5) is 0 Å². The van der Waals surface area contributed by atoms with Gasteiger partial charge in [0.1, 0.15) is 6.04 Å². The van der Waals surface area contributed by atoms with Gasteiger partial charge >= 0.3 is 0 Å². The van der Waals surface area contributed by atoms with E-state index in [0.717, 1.165) is 16.6 Å². The Balaban J connectivity index is 1.91. The van der Waals surface area contributed by atoms with E-state index in [0.29, 0.717) is 12.2 Å². The number of benzene rings is 1. The van der Waals surface area contributed by atoms with Crippen LogP contribution in [0.1, 0.15) is 12.6 Å². The maximum Gasteiger partial charge on any atom is 0.219 e. The zero-order valence-electron chi connectivity index (χ0n) is 13.2. The quantitative estimate of drug-likeness (QED) is 0.677. The van der Waals surface area contributed by atoms with Crippen LogP contribution in [0.5, 0.6) is 0 Å². The number of para-hydroxylation sites is 1. The van der Waals surface area contributed by atoms with E-state index in [1.54, 1.807) is 6.08 Å². The van der Waals surface area contributed by atoms with Gasteiger partial charge in [-0.1, -0.05) is 24.3 Å². The second-order valence-corrected chi connectivity index (χ2v) is 5.72. The highest BCUT2D eigenvalue weighted by atomic mass is 16.2. The van der Waals surface area contributed by atoms with Gasteiger partial charge < -0.3 is 10.2 Å². The lowest BCUT2D eigenvalue weighted by molar-refractivity contribution is -0.134. The van der Waals surface area contributed by atoms with Gasteiger partial charge in [0.2, 0.25) is 11.7 Å². The van der Waals surface area contributed by atoms with Crippen LogP contribution in [-0.4, -0.2) is 47.0 Å². The molecule has 1 N–H and O–H groups in total. The number of carbonyl (C=O) groups excluding carboxylic acids is 3. The van der Waals surface area contributed by atoms with Gasteiger partial charge in [-0.2, -0.15) is 0 Å². The molecule has 24 heavy (non-hydrogen) atoms. The number of hydrogen-bond donors (Lipinski definition) is 1. The van der Waals surface area contributed by atoms with Crippen molar-refractivity contribution in [3.63, 3.8) is 0 Å². The molecule has 1 amide bonds. The SMILES string of the molecule is CC(=O)N1CC(=Cc2ccc3ccccc3n2)NC(C(=O)C=O)C1. The second kappa shape index (κ2) is 6.62. The number of pyridine rings is 1. The third-order valence-electron chi connectivity index (χ3n) is 3.97. The van der Waals surface area contributed by atoms with Crippen molar-refractivity contribution >= 4 is 35.0 Å². The summed E-state index contributed by atoms with van der Waals surface area (Å²) >= 11 is 0. The van der Waals surface area contributed by atoms with Gasteiger partial charge in [-0.3, -0.25) is 14.4 Å². The highest BCUT2D eigenvalue weighted by Crippen LogP contribution is 2.15. The van der Waals surface area contributed by atoms with Crippen LogP contribution >= 0.6 is 0 Å². The van der Waals surface area contributed by atoms with Crippen molar-refractivity contribution < 1.29 is 14.4 Å². The van der Waals surface area contributed by atoms with Gasteiger partial charge in [0, 0.05) is 24.6 Å². The predicted octanol–water partition coefficient (Wildman–Crippen LogP) is 1.16. The molecular weight excluding hydrogens is 306 g/mol. The van der Waals surface area contributed by atoms with Crippen molar-refractivity contribution in [3.05, 3.63) is 47.8 Å². The third-order valence-corrected chi connectivity index (χ3v) is 3.97. The fourth-order valence-corrected chi connectivity index (χ4v) is 2.72. The van der Waals surface area contributed by atoms with Gasteiger partial charge in [0.25, 0.3) is 0 Å². The number of hydrogen-bond acceptors (Lipinski definition) is 5. The summed E-state index contributed by atoms with van der Waals surface area (Å²) in [6.45, 7) is 1.99. The first-order chi connectivity index (χ1) is 11.6. The summed E-state index contributed by atoms with van der Waals surface area (Å²) in [5, 5.41) is 4.07. The molecule has 1 aromatic carbocycles. The molecule has 0 aliphatic carbocycles. The molecule has 1 aliphatic heterocycles. The summed E-state index contributed by atoms with van der Waals surface area (Å²) in [5.41, 5.74) is 2.27. The number of carbonyl (C=O) groups is 3. The van der Waals surface area contributed by atoms with E-state index in [1.165, 1.54) is 11.8 Å². The molecule has 3 rings (SSSR count). The van der Waals surface area contributed by atoms with E-state index in [-0.39, 0.29) is 18.7 Å². The van der Waals surface area contributed by atoms with E-state index in [1.807, 2.05) is 36.4 Å². The molecule has 0 spiro atoms. The molecule has 1 fully saturated rings. The summed E-state index contributed by atoms with van der Waals surface area (Å²) in [7, 11) is 0. The van der Waals surface area contributed by atoms with Crippen LogP contribution < -0.4 is 5.32 Å². The molecular formula is C18H17N3O3. The number of amides is 1. The molecule has 0 saturated carbocycles. The van der Waals surface area contributed by atoms with E-state index < -0.39 is 11.8 Å². The molecule has 122 valence electrons. The van der Waals surface area contributed by atoms with Crippen LogP contribution in [0.3, 0.4) is 0 Å². The zero-order valence-corrected chi connectivity index (χ0v) is 13.2. The number of aromatic nitrogens is 1. The Bertz CT molecular complexity index is 844. The predicted molar refractivity (Wildman–Crippen MR) is 90.0 cm³/mol. The van der Waals surface area contributed by atoms with E-state index >= 15 is 0 Å². The second-order valence-electron chi connectivity index (χ2n) is 5.72. The molecule has 0 bridgehead atoms. The smallest absolute Gasteiger partial charge is 0.219 e. The number of Topliss-reactive ketones (excluding diaryl/α,β-unsaturated/α-hetero) is 1. The minimum absolute atomic E-state index is 0.141. The molecule has 6 heteroatoms. The lowest BCUT2D eigenvalue weighted by Gasteiger charge is -2.33. The first-order valence-corrected chi connectivity index (χ1v) is 7.64. The van der Waals surface area contributed by atoms with Crippen molar-refractivity contribution in [1.29, 1.82) is 0 Å². The van der Waals surface area contributed by atoms with Crippen LogP contribution in [0.2, 0.25) is 0 Å². The minimum atomic E-state index is -0.716. The maximum absolute atomic E-state index is 11.7. The fraction of sp³-hybridized carbons (Fsp3) is 0.222. The number of ketones is 1. The standard InChI is InChI=1S/C18H17N3O3/c1-12(23)21-9-15(20-17(10-21)18(24)11-22)8-14-7-6-13-4-2-3-5-16(13)19-14/h2-8,11,17,20H,9-10H2,1H3. The number of piperazine rings is 1. The van der Waals surface area contributed by atoms with Crippen molar-refractivity contribution in [2.75, 3.05) is 13.1 Å². The van der Waals surface area contributed by atoms with Gasteiger partial charge in [0.15, 0.2) is 6.29 Å². The van der Waals surface area contributed by atoms with E-state index in [9.17, 15) is 14.4 Å². The Morgan fingerprint density at radius 1 is 1.25 bits per heavy atom. The monoisotopic (exact) mass is 323 g/mol. The molecule has 6 nitrogen and oxygen atoms in total. The minimum Gasteiger partial charge on any atom is -0.375 e. The maximum atomic E-state index is 11.7. The molecule has 1 unspecified atom stereocenters. The number of nitrogens with zero attached hydrogens (tertiary/aromatic N) is 2. The lowest BCUT2D eigenvalue weighted by atomic mass is 10.1. The number of aldehydes is 1. The Morgan fingerprint density at radius 3 is 2.79 bits per heavy atom. The Labute approximate surface area is 139 Å². The molecule has 1 aliphatic rings. The average Bonchev–Trinajstić information content (AvgIpc) is 2.60. The Kier molecular flexibility index (Phi) is 4.37. The molecule has 2 heterocycles. The van der Waals surface area contributed by atoms with Gasteiger partial charge in [-0.05, 0) is 18.2 Å². The van der Waals surface area contributed by atoms with E-state index in [4.69, 9.17) is 0 Å². The zero-order chi connectivity index (χ0) is 17.1. The summed E-state index contributed by atoms with van der Waals surface area (Å²) in [6.07, 6.45) is 2.08. The molecule has 1 atom stereocenters. The van der Waals surface area contributed by atoms with Crippen LogP contribution in [0, 0.1) is 0 Å². The first-order valence-electron chi connectivity index (χ1n) is 7.64. The summed E-state index contributed by atoms with van der Waals surface area (Å²) in [5.74, 6) is -0.712. The van der Waals surface area contributed by atoms with Crippen LogP contribution in [0.15, 0.2) is 42.1 Å². The molecule has 1 aromatic heterocycles. The highest BCUT2D eigenvalue weighted by molar-refractivity contribution is 6.27. The topological polar surface area (TPSA) is 79.4 Å². The number of nitrogens with one attached hydrogen (secondary N) is 1. The summed E-state index contributed by atoms with van der Waals surface area (Å²) in [4.78, 5) is 40.2. The summed E-state index contributed by atoms with van der Waals surface area (Å²) < 4.78 is 0. The van der Waals surface area contributed by atoms with Crippen LogP contribution in [-0.2, 0) is 14.4 Å². The molecule has 0 radical (unpaired) electrons. The van der Waals surface area contributed by atoms with Crippen molar-refractivity contribution in [1.82, 2.24) is 15.2 Å².